The first-order valence-corrected chi connectivity index (χ1v) is 16.4. The van der Waals surface area contributed by atoms with Gasteiger partial charge in [-0.1, -0.05) is 72.8 Å². The maximum Gasteiger partial charge on any atom is 0.196 e. The van der Waals surface area contributed by atoms with Crippen molar-refractivity contribution in [3.05, 3.63) is 152 Å². The Balaban J connectivity index is 1.13. The number of nitrogens with zero attached hydrogens (tertiary/aromatic N) is 5. The van der Waals surface area contributed by atoms with Crippen LogP contribution in [0.3, 0.4) is 0 Å². The lowest BCUT2D eigenvalue weighted by Gasteiger charge is -2.12. The average molecular weight is 620 g/mol. The zero-order chi connectivity index (χ0) is 30.9. The second-order valence-electron chi connectivity index (χ2n) is 11.7. The van der Waals surface area contributed by atoms with Crippen molar-refractivity contribution in [1.82, 2.24) is 24.1 Å². The summed E-state index contributed by atoms with van der Waals surface area (Å²) in [5.41, 5.74) is 8.89. The predicted molar refractivity (Wildman–Crippen MR) is 195 cm³/mol. The summed E-state index contributed by atoms with van der Waals surface area (Å²) < 4.78 is 7.16. The van der Waals surface area contributed by atoms with Crippen molar-refractivity contribution in [3.8, 4) is 34.2 Å². The summed E-state index contributed by atoms with van der Waals surface area (Å²) in [6.07, 6.45) is 3.51. The molecule has 0 saturated carbocycles. The second-order valence-corrected chi connectivity index (χ2v) is 12.8. The molecule has 47 heavy (non-hydrogen) atoms. The molecule has 0 saturated heterocycles. The number of hydrogen-bond acceptors (Lipinski definition) is 4. The van der Waals surface area contributed by atoms with Crippen molar-refractivity contribution in [3.63, 3.8) is 0 Å². The Bertz CT molecular complexity index is 2790. The van der Waals surface area contributed by atoms with Crippen molar-refractivity contribution in [2.24, 2.45) is 0 Å². The Hall–Kier alpha value is -6.11. The Labute approximate surface area is 273 Å². The van der Waals surface area contributed by atoms with Crippen molar-refractivity contribution >= 4 is 64.3 Å². The zero-order valence-corrected chi connectivity index (χ0v) is 25.9. The second kappa shape index (κ2) is 10.2. The van der Waals surface area contributed by atoms with Gasteiger partial charge in [-0.3, -0.25) is 4.57 Å². The number of thiophene rings is 1. The molecule has 0 N–H and O–H groups in total. The van der Waals surface area contributed by atoms with E-state index in [-0.39, 0.29) is 0 Å². The van der Waals surface area contributed by atoms with Crippen LogP contribution in [0, 0.1) is 0 Å². The molecule has 0 bridgehead atoms. The quantitative estimate of drug-likeness (QED) is 0.197. The summed E-state index contributed by atoms with van der Waals surface area (Å²) in [4.78, 5) is 13.9. The fourth-order valence-corrected chi connectivity index (χ4v) is 8.23. The van der Waals surface area contributed by atoms with Gasteiger partial charge in [0.2, 0.25) is 0 Å². The van der Waals surface area contributed by atoms with Gasteiger partial charge in [-0.2, -0.15) is 0 Å². The Morgan fingerprint density at radius 2 is 1.17 bits per heavy atom. The lowest BCUT2D eigenvalue weighted by atomic mass is 10.0. The van der Waals surface area contributed by atoms with Gasteiger partial charge in [-0.05, 0) is 77.9 Å². The van der Waals surface area contributed by atoms with E-state index in [1.807, 2.05) is 35.6 Å². The summed E-state index contributed by atoms with van der Waals surface area (Å²) in [5.74, 6) is 1.31. The molecule has 10 aromatic rings. The topological polar surface area (TPSA) is 48.5 Å². The number of hydrogen-bond donors (Lipinski definition) is 0. The number of aromatic nitrogens is 5. The Morgan fingerprint density at radius 3 is 2.02 bits per heavy atom. The molecule has 10 rings (SSSR count). The van der Waals surface area contributed by atoms with Crippen LogP contribution in [0.5, 0.6) is 0 Å². The standard InChI is InChI=1S/C41H25N5S/c1-4-14-35-30(9-1)33-25-26(29-11-7-12-32-31-10-2-6-16-38(31)47-39(29)32)17-22-36(33)45(35)27-18-20-28(21-19-27)46-37-15-5-3-13-34(37)44-41(46)40-42-23-8-24-43-40/h1-25H. The Kier molecular flexibility index (Phi) is 5.68. The molecule has 0 aliphatic heterocycles. The van der Waals surface area contributed by atoms with Gasteiger partial charge in [0, 0.05) is 54.7 Å². The Morgan fingerprint density at radius 1 is 0.489 bits per heavy atom. The highest BCUT2D eigenvalue weighted by Crippen LogP contribution is 2.42. The fraction of sp³-hybridized carbons (Fsp3) is 0. The smallest absolute Gasteiger partial charge is 0.196 e. The van der Waals surface area contributed by atoms with Crippen molar-refractivity contribution in [2.75, 3.05) is 0 Å². The van der Waals surface area contributed by atoms with E-state index < -0.39 is 0 Å². The molecule has 6 heteroatoms. The molecule has 0 amide bonds. The summed E-state index contributed by atoms with van der Waals surface area (Å²) in [7, 11) is 0. The maximum absolute atomic E-state index is 4.91. The van der Waals surface area contributed by atoms with Crippen molar-refractivity contribution in [1.29, 1.82) is 0 Å². The molecule has 0 radical (unpaired) electrons. The van der Waals surface area contributed by atoms with Crippen LogP contribution in [0.1, 0.15) is 0 Å². The van der Waals surface area contributed by atoms with Crippen LogP contribution in [-0.4, -0.2) is 24.1 Å². The molecule has 4 aromatic heterocycles. The van der Waals surface area contributed by atoms with E-state index in [9.17, 15) is 0 Å². The van der Waals surface area contributed by atoms with Crippen molar-refractivity contribution in [2.45, 2.75) is 0 Å². The van der Waals surface area contributed by atoms with Crippen LogP contribution < -0.4 is 0 Å². The van der Waals surface area contributed by atoms with Gasteiger partial charge < -0.3 is 4.57 Å². The molecular weight excluding hydrogens is 595 g/mol. The van der Waals surface area contributed by atoms with E-state index >= 15 is 0 Å². The molecule has 0 fully saturated rings. The fourth-order valence-electron chi connectivity index (χ4n) is 7.00. The van der Waals surface area contributed by atoms with Gasteiger partial charge >= 0.3 is 0 Å². The monoisotopic (exact) mass is 619 g/mol. The highest BCUT2D eigenvalue weighted by atomic mass is 32.1. The molecule has 220 valence electrons. The van der Waals surface area contributed by atoms with Crippen LogP contribution in [0.2, 0.25) is 0 Å². The van der Waals surface area contributed by atoms with Crippen LogP contribution >= 0.6 is 11.3 Å². The summed E-state index contributed by atoms with van der Waals surface area (Å²) in [6, 6.07) is 49.7. The van der Waals surface area contributed by atoms with E-state index in [1.54, 1.807) is 12.4 Å². The number of imidazole rings is 1. The van der Waals surface area contributed by atoms with E-state index in [0.29, 0.717) is 5.82 Å². The third-order valence-corrected chi connectivity index (χ3v) is 10.3. The highest BCUT2D eigenvalue weighted by molar-refractivity contribution is 7.26. The van der Waals surface area contributed by atoms with Crippen LogP contribution in [0.25, 0.3) is 87.2 Å². The molecule has 5 nitrogen and oxygen atoms in total. The first kappa shape index (κ1) is 26.1. The summed E-state index contributed by atoms with van der Waals surface area (Å²) in [5, 5.41) is 5.12. The van der Waals surface area contributed by atoms with Gasteiger partial charge in [-0.25, -0.2) is 15.0 Å². The summed E-state index contributed by atoms with van der Waals surface area (Å²) >= 11 is 1.87. The van der Waals surface area contributed by atoms with Crippen LogP contribution in [0.15, 0.2) is 152 Å². The van der Waals surface area contributed by atoms with E-state index in [1.165, 1.54) is 53.1 Å². The molecule has 6 aromatic carbocycles. The summed E-state index contributed by atoms with van der Waals surface area (Å²) in [6.45, 7) is 0. The minimum atomic E-state index is 0.595. The number of benzene rings is 6. The average Bonchev–Trinajstić information content (AvgIpc) is 3.82. The van der Waals surface area contributed by atoms with Gasteiger partial charge in [0.05, 0.1) is 22.1 Å². The third kappa shape index (κ3) is 3.98. The minimum Gasteiger partial charge on any atom is -0.309 e. The van der Waals surface area contributed by atoms with Crippen LogP contribution in [0.4, 0.5) is 0 Å². The number of rotatable bonds is 4. The van der Waals surface area contributed by atoms with Gasteiger partial charge in [0.1, 0.15) is 0 Å². The predicted octanol–water partition coefficient (Wildman–Crippen LogP) is 10.6. The van der Waals surface area contributed by atoms with Crippen molar-refractivity contribution < 1.29 is 0 Å². The zero-order valence-electron chi connectivity index (χ0n) is 25.1. The normalized spacial score (nSPS) is 11.8. The molecule has 0 atom stereocenters. The van der Waals surface area contributed by atoms with Gasteiger partial charge in [0.25, 0.3) is 0 Å². The minimum absolute atomic E-state index is 0.595. The largest absolute Gasteiger partial charge is 0.309 e. The highest BCUT2D eigenvalue weighted by Gasteiger charge is 2.18. The third-order valence-electron chi connectivity index (χ3n) is 9.08. The van der Waals surface area contributed by atoms with E-state index in [0.717, 1.165) is 28.2 Å². The first-order valence-electron chi connectivity index (χ1n) is 15.6. The SMILES string of the molecule is c1cnc(-c2nc3ccccc3n2-c2ccc(-n3c4ccccc4c4cc(-c5cccc6c5sc5ccccc56)ccc43)cc2)nc1. The van der Waals surface area contributed by atoms with E-state index in [2.05, 4.69) is 134 Å². The number of para-hydroxylation sites is 3. The molecular formula is C41H25N5S. The van der Waals surface area contributed by atoms with Gasteiger partial charge in [-0.15, -0.1) is 11.3 Å². The maximum atomic E-state index is 4.91. The number of fused-ring (bicyclic) bond motifs is 7. The lowest BCUT2D eigenvalue weighted by Crippen LogP contribution is -2.01. The first-order chi connectivity index (χ1) is 23.3. The lowest BCUT2D eigenvalue weighted by molar-refractivity contribution is 1.04. The molecule has 0 unspecified atom stereocenters. The molecule has 0 aliphatic rings. The van der Waals surface area contributed by atoms with Crippen LogP contribution in [-0.2, 0) is 0 Å². The molecule has 0 spiro atoms. The van der Waals surface area contributed by atoms with E-state index in [4.69, 9.17) is 4.98 Å². The molecule has 4 heterocycles. The van der Waals surface area contributed by atoms with Gasteiger partial charge in [0.15, 0.2) is 11.6 Å². The molecule has 0 aliphatic carbocycles.